The van der Waals surface area contributed by atoms with Gasteiger partial charge < -0.3 is 14.8 Å². The second-order valence-corrected chi connectivity index (χ2v) is 7.40. The van der Waals surface area contributed by atoms with E-state index in [9.17, 15) is 4.79 Å². The van der Waals surface area contributed by atoms with Crippen LogP contribution in [0.15, 0.2) is 36.7 Å². The van der Waals surface area contributed by atoms with Crippen molar-refractivity contribution in [2.75, 3.05) is 24.5 Å². The van der Waals surface area contributed by atoms with Crippen molar-refractivity contribution in [1.29, 1.82) is 0 Å². The molecule has 1 aromatic carbocycles. The maximum Gasteiger partial charge on any atom is 0.250 e. The van der Waals surface area contributed by atoms with Gasteiger partial charge in [0.15, 0.2) is 0 Å². The molecule has 0 aliphatic carbocycles. The van der Waals surface area contributed by atoms with Crippen LogP contribution in [0, 0.1) is 0 Å². The molecule has 144 valence electrons. The lowest BCUT2D eigenvalue weighted by Crippen LogP contribution is -2.58. The highest BCUT2D eigenvalue weighted by Gasteiger charge is 2.48. The molecule has 5 rings (SSSR count). The molecule has 1 saturated heterocycles. The molecule has 2 aliphatic rings. The van der Waals surface area contributed by atoms with Gasteiger partial charge in [-0.2, -0.15) is 4.68 Å². The van der Waals surface area contributed by atoms with Crippen molar-refractivity contribution in [3.63, 3.8) is 0 Å². The topological polar surface area (TPSA) is 95.8 Å². The van der Waals surface area contributed by atoms with Gasteiger partial charge in [-0.15, -0.1) is 0 Å². The van der Waals surface area contributed by atoms with Gasteiger partial charge in [0.2, 0.25) is 11.9 Å². The first kappa shape index (κ1) is 16.9. The second kappa shape index (κ2) is 6.43. The SMILES string of the molecule is CC(=O)N1CCc2[nH]cnc2C12CCN(c1nnnn1-c1ccccc1)CC2. The molecule has 0 atom stereocenters. The first-order valence-electron chi connectivity index (χ1n) is 9.59. The Balaban J connectivity index is 1.44. The Kier molecular flexibility index (Phi) is 3.88. The van der Waals surface area contributed by atoms with E-state index in [1.807, 2.05) is 35.2 Å². The monoisotopic (exact) mass is 378 g/mol. The Morgan fingerprint density at radius 2 is 1.93 bits per heavy atom. The highest BCUT2D eigenvalue weighted by molar-refractivity contribution is 5.75. The van der Waals surface area contributed by atoms with Crippen molar-refractivity contribution >= 4 is 11.9 Å². The molecule has 4 heterocycles. The summed E-state index contributed by atoms with van der Waals surface area (Å²) in [5, 5.41) is 12.3. The Morgan fingerprint density at radius 1 is 1.14 bits per heavy atom. The van der Waals surface area contributed by atoms with Gasteiger partial charge in [0.1, 0.15) is 0 Å². The number of para-hydroxylation sites is 1. The molecule has 2 aliphatic heterocycles. The third-order valence-corrected chi connectivity index (χ3v) is 5.97. The number of carbonyl (C=O) groups excluding carboxylic acids is 1. The molecule has 0 saturated carbocycles. The third-order valence-electron chi connectivity index (χ3n) is 5.97. The highest BCUT2D eigenvalue weighted by atomic mass is 16.2. The van der Waals surface area contributed by atoms with Gasteiger partial charge in [0.25, 0.3) is 0 Å². The molecule has 28 heavy (non-hydrogen) atoms. The lowest BCUT2D eigenvalue weighted by Gasteiger charge is -2.50. The molecule has 0 bridgehead atoms. The molecular formula is C19H22N8O. The van der Waals surface area contributed by atoms with E-state index in [0.717, 1.165) is 61.9 Å². The highest BCUT2D eigenvalue weighted by Crippen LogP contribution is 2.42. The van der Waals surface area contributed by atoms with Crippen LogP contribution in [0.25, 0.3) is 5.69 Å². The summed E-state index contributed by atoms with van der Waals surface area (Å²) in [6, 6.07) is 9.88. The average Bonchev–Trinajstić information content (AvgIpc) is 3.39. The summed E-state index contributed by atoms with van der Waals surface area (Å²) >= 11 is 0. The standard InChI is InChI=1S/C19H22N8O/c1-14(28)26-10-7-16-17(21-13-20-16)19(26)8-11-25(12-9-19)18-22-23-24-27(18)15-5-3-2-4-6-15/h2-6,13H,7-12H2,1H3,(H,20,21). The predicted octanol–water partition coefficient (Wildman–Crippen LogP) is 1.29. The van der Waals surface area contributed by atoms with Crippen LogP contribution < -0.4 is 4.90 Å². The zero-order valence-corrected chi connectivity index (χ0v) is 15.7. The van der Waals surface area contributed by atoms with Crippen LogP contribution in [0.5, 0.6) is 0 Å². The number of tetrazole rings is 1. The lowest BCUT2D eigenvalue weighted by atomic mass is 9.78. The molecule has 1 amide bonds. The molecule has 1 fully saturated rings. The van der Waals surface area contributed by atoms with Crippen molar-refractivity contribution in [2.45, 2.75) is 31.7 Å². The summed E-state index contributed by atoms with van der Waals surface area (Å²) in [6.45, 7) is 3.89. The van der Waals surface area contributed by atoms with Gasteiger partial charge in [0, 0.05) is 38.7 Å². The Labute approximate surface area is 162 Å². The van der Waals surface area contributed by atoms with Crippen LogP contribution in [-0.4, -0.2) is 60.6 Å². The number of piperidine rings is 1. The van der Waals surface area contributed by atoms with Crippen LogP contribution in [-0.2, 0) is 16.8 Å². The summed E-state index contributed by atoms with van der Waals surface area (Å²) in [5.41, 5.74) is 2.76. The molecule has 1 N–H and O–H groups in total. The number of benzene rings is 1. The number of carbonyl (C=O) groups is 1. The zero-order chi connectivity index (χ0) is 19.1. The molecule has 1 spiro atoms. The Hall–Kier alpha value is -3.23. The maximum atomic E-state index is 12.4. The van der Waals surface area contributed by atoms with Gasteiger partial charge in [-0.05, 0) is 35.4 Å². The number of H-pyrrole nitrogens is 1. The van der Waals surface area contributed by atoms with Crippen LogP contribution in [0.2, 0.25) is 0 Å². The van der Waals surface area contributed by atoms with Crippen molar-refractivity contribution < 1.29 is 4.79 Å². The predicted molar refractivity (Wildman–Crippen MR) is 102 cm³/mol. The summed E-state index contributed by atoms with van der Waals surface area (Å²) in [6.07, 6.45) is 4.17. The zero-order valence-electron chi connectivity index (χ0n) is 15.7. The van der Waals surface area contributed by atoms with Crippen molar-refractivity contribution in [1.82, 2.24) is 35.1 Å². The quantitative estimate of drug-likeness (QED) is 0.722. The molecule has 0 radical (unpaired) electrons. The van der Waals surface area contributed by atoms with Crippen molar-refractivity contribution in [3.8, 4) is 5.69 Å². The second-order valence-electron chi connectivity index (χ2n) is 7.40. The number of nitrogens with one attached hydrogen (secondary N) is 1. The van der Waals surface area contributed by atoms with Gasteiger partial charge in [-0.1, -0.05) is 23.3 Å². The lowest BCUT2D eigenvalue weighted by molar-refractivity contribution is -0.138. The fourth-order valence-corrected chi connectivity index (χ4v) is 4.64. The average molecular weight is 378 g/mol. The number of aromatic amines is 1. The number of aromatic nitrogens is 6. The molecular weight excluding hydrogens is 356 g/mol. The number of anilines is 1. The number of rotatable bonds is 2. The minimum atomic E-state index is -0.346. The number of amides is 1. The molecule has 9 nitrogen and oxygen atoms in total. The largest absolute Gasteiger partial charge is 0.348 e. The van der Waals surface area contributed by atoms with E-state index in [1.165, 1.54) is 0 Å². The third kappa shape index (κ3) is 2.49. The fourth-order valence-electron chi connectivity index (χ4n) is 4.64. The Morgan fingerprint density at radius 3 is 2.68 bits per heavy atom. The number of hydrogen-bond donors (Lipinski definition) is 1. The summed E-state index contributed by atoms with van der Waals surface area (Å²) in [4.78, 5) is 24.5. The van der Waals surface area contributed by atoms with Gasteiger partial charge in [-0.25, -0.2) is 4.98 Å². The molecule has 9 heteroatoms. The van der Waals surface area contributed by atoms with Gasteiger partial charge >= 0.3 is 0 Å². The van der Waals surface area contributed by atoms with Crippen LogP contribution in [0.3, 0.4) is 0 Å². The first-order valence-corrected chi connectivity index (χ1v) is 9.59. The Bertz CT molecular complexity index is 986. The van der Waals surface area contributed by atoms with Gasteiger partial charge in [-0.3, -0.25) is 4.79 Å². The van der Waals surface area contributed by atoms with E-state index >= 15 is 0 Å². The normalized spacial score (nSPS) is 18.3. The van der Waals surface area contributed by atoms with Crippen molar-refractivity contribution in [3.05, 3.63) is 48.0 Å². The number of imidazole rings is 1. The van der Waals surface area contributed by atoms with E-state index in [1.54, 1.807) is 17.9 Å². The minimum absolute atomic E-state index is 0.108. The fraction of sp³-hybridized carbons (Fsp3) is 0.421. The van der Waals surface area contributed by atoms with Gasteiger partial charge in [0.05, 0.1) is 23.2 Å². The smallest absolute Gasteiger partial charge is 0.250 e. The summed E-state index contributed by atoms with van der Waals surface area (Å²) in [7, 11) is 0. The molecule has 2 aromatic heterocycles. The van der Waals surface area contributed by atoms with E-state index in [2.05, 4.69) is 30.4 Å². The van der Waals surface area contributed by atoms with E-state index in [4.69, 9.17) is 0 Å². The van der Waals surface area contributed by atoms with E-state index < -0.39 is 0 Å². The maximum absolute atomic E-state index is 12.4. The van der Waals surface area contributed by atoms with Crippen LogP contribution in [0.1, 0.15) is 31.2 Å². The van der Waals surface area contributed by atoms with E-state index in [0.29, 0.717) is 0 Å². The number of hydrogen-bond acceptors (Lipinski definition) is 6. The molecule has 0 unspecified atom stereocenters. The van der Waals surface area contributed by atoms with E-state index in [-0.39, 0.29) is 11.4 Å². The minimum Gasteiger partial charge on any atom is -0.348 e. The summed E-state index contributed by atoms with van der Waals surface area (Å²) in [5.74, 6) is 0.838. The van der Waals surface area contributed by atoms with Crippen LogP contribution >= 0.6 is 0 Å². The number of fused-ring (bicyclic) bond motifs is 2. The number of nitrogens with zero attached hydrogens (tertiary/aromatic N) is 7. The molecule has 3 aromatic rings. The summed E-state index contributed by atoms with van der Waals surface area (Å²) < 4.78 is 1.77. The van der Waals surface area contributed by atoms with Crippen molar-refractivity contribution in [2.24, 2.45) is 0 Å². The first-order chi connectivity index (χ1) is 13.7. The van der Waals surface area contributed by atoms with Crippen LogP contribution in [0.4, 0.5) is 5.95 Å².